The maximum atomic E-state index is 10.5. The van der Waals surface area contributed by atoms with Crippen LogP contribution >= 0.6 is 11.6 Å². The molecule has 0 rings (SSSR count). The Morgan fingerprint density at radius 2 is 2.12 bits per heavy atom. The van der Waals surface area contributed by atoms with Crippen LogP contribution in [0.4, 0.5) is 0 Å². The van der Waals surface area contributed by atoms with Gasteiger partial charge in [-0.2, -0.15) is 0 Å². The van der Waals surface area contributed by atoms with Gasteiger partial charge in [0.05, 0.1) is 0 Å². The van der Waals surface area contributed by atoms with Gasteiger partial charge in [0.1, 0.15) is 4.87 Å². The molecular formula is C4H9ClO2Si. The van der Waals surface area contributed by atoms with Crippen molar-refractivity contribution in [2.24, 2.45) is 0 Å². The summed E-state index contributed by atoms with van der Waals surface area (Å²) in [4.78, 5) is 9.67. The quantitative estimate of drug-likeness (QED) is 0.385. The van der Waals surface area contributed by atoms with Crippen LogP contribution in [0, 0.1) is 0 Å². The highest BCUT2D eigenvalue weighted by Crippen LogP contribution is 2.12. The van der Waals surface area contributed by atoms with E-state index in [2.05, 4.69) is 4.43 Å². The van der Waals surface area contributed by atoms with Gasteiger partial charge in [-0.25, -0.2) is 0 Å². The lowest BCUT2D eigenvalue weighted by molar-refractivity contribution is -0.136. The average Bonchev–Trinajstić information content (AvgIpc) is 1.62. The molecule has 0 unspecified atom stereocenters. The monoisotopic (exact) mass is 152 g/mol. The SMILES string of the molecule is CC(C)(Cl)C(=O)O[SiH3]. The highest BCUT2D eigenvalue weighted by Gasteiger charge is 2.23. The molecule has 0 aliphatic rings. The van der Waals surface area contributed by atoms with Gasteiger partial charge in [-0.15, -0.1) is 11.6 Å². The van der Waals surface area contributed by atoms with Crippen LogP contribution in [0.5, 0.6) is 0 Å². The number of carbonyl (C=O) groups excluding carboxylic acids is 1. The van der Waals surface area contributed by atoms with Crippen LogP contribution in [0.1, 0.15) is 13.8 Å². The van der Waals surface area contributed by atoms with Gasteiger partial charge in [0.15, 0.2) is 0 Å². The van der Waals surface area contributed by atoms with Gasteiger partial charge in [0, 0.05) is 0 Å². The first-order chi connectivity index (χ1) is 3.48. The zero-order valence-corrected chi connectivity index (χ0v) is 7.95. The molecule has 0 N–H and O–H groups in total. The molecule has 0 bridgehead atoms. The van der Waals surface area contributed by atoms with E-state index >= 15 is 0 Å². The van der Waals surface area contributed by atoms with Crippen molar-refractivity contribution in [1.82, 2.24) is 0 Å². The van der Waals surface area contributed by atoms with Crippen molar-refractivity contribution in [1.29, 1.82) is 0 Å². The van der Waals surface area contributed by atoms with E-state index in [1.807, 2.05) is 0 Å². The molecule has 0 aliphatic carbocycles. The summed E-state index contributed by atoms with van der Waals surface area (Å²) in [5.41, 5.74) is 0. The highest BCUT2D eigenvalue weighted by atomic mass is 35.5. The fraction of sp³-hybridized carbons (Fsp3) is 0.750. The minimum atomic E-state index is -0.845. The molecule has 0 aromatic heterocycles. The van der Waals surface area contributed by atoms with Crippen molar-refractivity contribution in [2.45, 2.75) is 18.7 Å². The molecule has 0 saturated carbocycles. The Labute approximate surface area is 56.7 Å². The summed E-state index contributed by atoms with van der Waals surface area (Å²) < 4.78 is 4.48. The predicted octanol–water partition coefficient (Wildman–Crippen LogP) is -0.173. The number of halogens is 1. The highest BCUT2D eigenvalue weighted by molar-refractivity contribution is 6.34. The summed E-state index contributed by atoms with van der Waals surface area (Å²) >= 11 is 5.53. The summed E-state index contributed by atoms with van der Waals surface area (Å²) in [7, 11) is 0.420. The Kier molecular flexibility index (Phi) is 2.50. The van der Waals surface area contributed by atoms with Crippen molar-refractivity contribution < 1.29 is 9.22 Å². The number of rotatable bonds is 1. The molecule has 2 nitrogen and oxygen atoms in total. The summed E-state index contributed by atoms with van der Waals surface area (Å²) in [5, 5.41) is 0. The van der Waals surface area contributed by atoms with Crippen LogP contribution in [-0.4, -0.2) is 21.3 Å². The molecule has 0 atom stereocenters. The first-order valence-corrected chi connectivity index (χ1v) is 3.45. The molecular weight excluding hydrogens is 144 g/mol. The maximum Gasteiger partial charge on any atom is 0.312 e. The van der Waals surface area contributed by atoms with Crippen molar-refractivity contribution in [3.05, 3.63) is 0 Å². The Hall–Kier alpha value is -0.0231. The van der Waals surface area contributed by atoms with E-state index in [0.29, 0.717) is 10.5 Å². The van der Waals surface area contributed by atoms with Gasteiger partial charge in [0.2, 0.25) is 10.5 Å². The lowest BCUT2D eigenvalue weighted by Gasteiger charge is -2.11. The molecule has 0 aliphatic heterocycles. The molecule has 0 aromatic carbocycles. The van der Waals surface area contributed by atoms with Gasteiger partial charge in [-0.1, -0.05) is 0 Å². The van der Waals surface area contributed by atoms with E-state index in [1.165, 1.54) is 0 Å². The Morgan fingerprint density at radius 3 is 2.12 bits per heavy atom. The molecule has 8 heavy (non-hydrogen) atoms. The molecule has 0 radical (unpaired) electrons. The zero-order chi connectivity index (χ0) is 6.78. The Bertz CT molecular complexity index is 96.7. The van der Waals surface area contributed by atoms with Crippen LogP contribution < -0.4 is 0 Å². The van der Waals surface area contributed by atoms with E-state index in [9.17, 15) is 4.79 Å². The second kappa shape index (κ2) is 2.50. The molecule has 4 heteroatoms. The number of hydrogen-bond donors (Lipinski definition) is 0. The fourth-order valence-corrected chi connectivity index (χ4v) is 0.960. The van der Waals surface area contributed by atoms with E-state index in [0.717, 1.165) is 0 Å². The number of alkyl halides is 1. The molecule has 0 heterocycles. The van der Waals surface area contributed by atoms with Gasteiger partial charge in [-0.05, 0) is 13.8 Å². The lowest BCUT2D eigenvalue weighted by atomic mass is 10.2. The van der Waals surface area contributed by atoms with Crippen LogP contribution in [0.3, 0.4) is 0 Å². The number of carbonyl (C=O) groups is 1. The largest absolute Gasteiger partial charge is 0.527 e. The van der Waals surface area contributed by atoms with E-state index in [1.54, 1.807) is 13.8 Å². The van der Waals surface area contributed by atoms with Gasteiger partial charge in [0.25, 0.3) is 0 Å². The smallest absolute Gasteiger partial charge is 0.312 e. The first kappa shape index (κ1) is 7.98. The van der Waals surface area contributed by atoms with Gasteiger partial charge >= 0.3 is 5.97 Å². The topological polar surface area (TPSA) is 26.3 Å². The third kappa shape index (κ3) is 2.33. The van der Waals surface area contributed by atoms with E-state index < -0.39 is 4.87 Å². The van der Waals surface area contributed by atoms with Crippen molar-refractivity contribution in [3.8, 4) is 0 Å². The Balaban J connectivity index is 3.82. The van der Waals surface area contributed by atoms with Gasteiger partial charge < -0.3 is 4.43 Å². The molecule has 0 saturated heterocycles. The fourth-order valence-electron chi connectivity index (χ4n) is 0.243. The van der Waals surface area contributed by atoms with Crippen LogP contribution in [0.15, 0.2) is 0 Å². The van der Waals surface area contributed by atoms with Crippen molar-refractivity contribution in [2.75, 3.05) is 0 Å². The number of hydrogen-bond acceptors (Lipinski definition) is 2. The summed E-state index contributed by atoms with van der Waals surface area (Å²) in [6, 6.07) is 0. The normalized spacial score (nSPS) is 11.4. The minimum absolute atomic E-state index is 0.342. The van der Waals surface area contributed by atoms with Crippen LogP contribution in [0.2, 0.25) is 0 Å². The van der Waals surface area contributed by atoms with Crippen LogP contribution in [-0.2, 0) is 9.22 Å². The summed E-state index contributed by atoms with van der Waals surface area (Å²) in [5.74, 6) is -0.342. The summed E-state index contributed by atoms with van der Waals surface area (Å²) in [6.45, 7) is 3.21. The summed E-state index contributed by atoms with van der Waals surface area (Å²) in [6.07, 6.45) is 0. The first-order valence-electron chi connectivity index (χ1n) is 2.26. The average molecular weight is 153 g/mol. The second-order valence-electron chi connectivity index (χ2n) is 1.96. The van der Waals surface area contributed by atoms with Crippen LogP contribution in [0.25, 0.3) is 0 Å². The third-order valence-electron chi connectivity index (χ3n) is 0.671. The molecule has 48 valence electrons. The third-order valence-corrected chi connectivity index (χ3v) is 1.20. The minimum Gasteiger partial charge on any atom is -0.527 e. The van der Waals surface area contributed by atoms with Crippen molar-refractivity contribution in [3.63, 3.8) is 0 Å². The van der Waals surface area contributed by atoms with Crippen molar-refractivity contribution >= 4 is 28.1 Å². The van der Waals surface area contributed by atoms with Gasteiger partial charge in [-0.3, -0.25) is 4.79 Å². The molecule has 0 aromatic rings. The standard InChI is InChI=1S/C4H9ClO2Si/c1-4(2,5)3(6)7-8/h1-2,8H3. The predicted molar refractivity (Wildman–Crippen MR) is 36.0 cm³/mol. The molecule has 0 spiro atoms. The lowest BCUT2D eigenvalue weighted by Crippen LogP contribution is -2.26. The van der Waals surface area contributed by atoms with E-state index in [-0.39, 0.29) is 5.97 Å². The van der Waals surface area contributed by atoms with E-state index in [4.69, 9.17) is 11.6 Å². The molecule has 0 amide bonds. The Morgan fingerprint density at radius 1 is 1.75 bits per heavy atom. The zero-order valence-electron chi connectivity index (χ0n) is 5.19. The second-order valence-corrected chi connectivity index (χ2v) is 3.32. The molecule has 0 fully saturated rings. The maximum absolute atomic E-state index is 10.5.